The summed E-state index contributed by atoms with van der Waals surface area (Å²) in [5.74, 6) is 1.33. The number of rotatable bonds is 4. The van der Waals surface area contributed by atoms with E-state index in [-0.39, 0.29) is 5.56 Å². The molecule has 2 aromatic heterocycles. The van der Waals surface area contributed by atoms with Crippen molar-refractivity contribution in [2.75, 3.05) is 7.11 Å². The minimum absolute atomic E-state index is 0.133. The Kier molecular flexibility index (Phi) is 3.82. The van der Waals surface area contributed by atoms with E-state index in [1.807, 2.05) is 41.2 Å². The van der Waals surface area contributed by atoms with Crippen LogP contribution in [0.5, 0.6) is 5.75 Å². The molecule has 4 aromatic rings. The Balaban J connectivity index is 1.65. The van der Waals surface area contributed by atoms with Gasteiger partial charge in [0.2, 0.25) is 0 Å². The number of methoxy groups -OCH3 is 1. The van der Waals surface area contributed by atoms with Gasteiger partial charge in [-0.25, -0.2) is 4.98 Å². The number of fused-ring (bicyclic) bond motifs is 1. The molecule has 0 aliphatic carbocycles. The largest absolute Gasteiger partial charge is 0.497 e. The van der Waals surface area contributed by atoms with E-state index in [1.165, 1.54) is 0 Å². The minimum atomic E-state index is -0.133. The average molecular weight is 331 g/mol. The Hall–Kier alpha value is -3.34. The second-order valence-electron chi connectivity index (χ2n) is 5.83. The number of nitrogens with one attached hydrogen (secondary N) is 1. The van der Waals surface area contributed by atoms with E-state index >= 15 is 0 Å². The highest BCUT2D eigenvalue weighted by Gasteiger charge is 2.06. The predicted molar refractivity (Wildman–Crippen MR) is 97.5 cm³/mol. The summed E-state index contributed by atoms with van der Waals surface area (Å²) in [5, 5.41) is 0.563. The van der Waals surface area contributed by atoms with E-state index in [1.54, 1.807) is 25.3 Å². The summed E-state index contributed by atoms with van der Waals surface area (Å²) in [4.78, 5) is 19.7. The highest BCUT2D eigenvalue weighted by atomic mass is 16.5. The molecule has 0 fully saturated rings. The van der Waals surface area contributed by atoms with Gasteiger partial charge in [0.15, 0.2) is 0 Å². The zero-order valence-corrected chi connectivity index (χ0v) is 13.8. The number of hydrogen-bond donors (Lipinski definition) is 1. The van der Waals surface area contributed by atoms with Gasteiger partial charge >= 0.3 is 0 Å². The molecule has 2 heterocycles. The molecular formula is C20H17N3O2. The number of nitrogens with zero attached hydrogens (tertiary/aromatic N) is 2. The zero-order chi connectivity index (χ0) is 17.2. The third kappa shape index (κ3) is 3.04. The maximum atomic E-state index is 12.3. The lowest BCUT2D eigenvalue weighted by Crippen LogP contribution is -2.12. The second kappa shape index (κ2) is 6.28. The Bertz CT molecular complexity index is 1060. The molecule has 0 radical (unpaired) electrons. The van der Waals surface area contributed by atoms with Crippen molar-refractivity contribution >= 4 is 10.9 Å². The predicted octanol–water partition coefficient (Wildman–Crippen LogP) is 3.31. The summed E-state index contributed by atoms with van der Waals surface area (Å²) >= 11 is 0. The topological polar surface area (TPSA) is 59.9 Å². The maximum Gasteiger partial charge on any atom is 0.258 e. The van der Waals surface area contributed by atoms with Crippen molar-refractivity contribution in [1.29, 1.82) is 0 Å². The fourth-order valence-corrected chi connectivity index (χ4v) is 2.86. The van der Waals surface area contributed by atoms with Crippen molar-refractivity contribution in [1.82, 2.24) is 14.5 Å². The van der Waals surface area contributed by atoms with Crippen LogP contribution in [0.1, 0.15) is 11.4 Å². The summed E-state index contributed by atoms with van der Waals surface area (Å²) in [6.07, 6.45) is 4.57. The monoisotopic (exact) mass is 331 g/mol. The molecule has 0 spiro atoms. The maximum absolute atomic E-state index is 12.3. The zero-order valence-electron chi connectivity index (χ0n) is 13.8. The lowest BCUT2D eigenvalue weighted by molar-refractivity contribution is 0.415. The Morgan fingerprint density at radius 2 is 1.84 bits per heavy atom. The molecule has 5 nitrogen and oxygen atoms in total. The van der Waals surface area contributed by atoms with Crippen molar-refractivity contribution in [2.45, 2.75) is 6.42 Å². The first-order valence-corrected chi connectivity index (χ1v) is 8.02. The number of aromatic nitrogens is 3. The van der Waals surface area contributed by atoms with Crippen LogP contribution in [0.25, 0.3) is 16.6 Å². The molecule has 0 bridgehead atoms. The van der Waals surface area contributed by atoms with E-state index in [2.05, 4.69) is 22.1 Å². The van der Waals surface area contributed by atoms with Crippen molar-refractivity contribution in [2.24, 2.45) is 0 Å². The lowest BCUT2D eigenvalue weighted by Gasteiger charge is -2.07. The van der Waals surface area contributed by atoms with Crippen LogP contribution in [0.2, 0.25) is 0 Å². The number of aromatic amines is 1. The van der Waals surface area contributed by atoms with Crippen LogP contribution in [0.15, 0.2) is 71.8 Å². The number of hydrogen-bond acceptors (Lipinski definition) is 3. The van der Waals surface area contributed by atoms with Crippen LogP contribution in [-0.4, -0.2) is 21.6 Å². The van der Waals surface area contributed by atoms with Crippen LogP contribution in [0.4, 0.5) is 0 Å². The smallest absolute Gasteiger partial charge is 0.258 e. The molecule has 0 saturated heterocycles. The lowest BCUT2D eigenvalue weighted by atomic mass is 10.1. The molecular weight excluding hydrogens is 314 g/mol. The molecule has 0 saturated carbocycles. The first-order valence-electron chi connectivity index (χ1n) is 8.02. The molecule has 0 aliphatic rings. The molecule has 0 unspecified atom stereocenters. The van der Waals surface area contributed by atoms with Crippen molar-refractivity contribution in [3.05, 3.63) is 88.7 Å². The van der Waals surface area contributed by atoms with Gasteiger partial charge in [0, 0.05) is 30.6 Å². The van der Waals surface area contributed by atoms with E-state index < -0.39 is 0 Å². The van der Waals surface area contributed by atoms with Gasteiger partial charge in [0.1, 0.15) is 11.6 Å². The van der Waals surface area contributed by atoms with E-state index in [0.717, 1.165) is 11.3 Å². The van der Waals surface area contributed by atoms with Crippen LogP contribution < -0.4 is 10.3 Å². The van der Waals surface area contributed by atoms with Gasteiger partial charge in [-0.1, -0.05) is 12.1 Å². The standard InChI is InChI=1S/C20H17N3O2/c1-25-16-8-9-17-18(13-16)21-19(22-20(17)24)12-14-4-6-15(7-5-14)23-10-2-3-11-23/h2-11,13H,12H2,1H3,(H,21,22,24). The van der Waals surface area contributed by atoms with Crippen molar-refractivity contribution in [3.8, 4) is 11.4 Å². The third-order valence-electron chi connectivity index (χ3n) is 4.17. The molecule has 1 N–H and O–H groups in total. The van der Waals surface area contributed by atoms with Gasteiger partial charge in [-0.2, -0.15) is 0 Å². The molecule has 5 heteroatoms. The fourth-order valence-electron chi connectivity index (χ4n) is 2.86. The Morgan fingerprint density at radius 3 is 2.56 bits per heavy atom. The first kappa shape index (κ1) is 15.2. The molecule has 124 valence electrons. The highest BCUT2D eigenvalue weighted by Crippen LogP contribution is 2.17. The van der Waals surface area contributed by atoms with Gasteiger partial charge in [-0.05, 0) is 42.0 Å². The Morgan fingerprint density at radius 1 is 1.08 bits per heavy atom. The van der Waals surface area contributed by atoms with Crippen molar-refractivity contribution in [3.63, 3.8) is 0 Å². The molecule has 0 aliphatic heterocycles. The van der Waals surface area contributed by atoms with Gasteiger partial charge in [0.25, 0.3) is 5.56 Å². The molecule has 4 rings (SSSR count). The first-order chi connectivity index (χ1) is 12.2. The van der Waals surface area contributed by atoms with Crippen molar-refractivity contribution < 1.29 is 4.74 Å². The van der Waals surface area contributed by atoms with E-state index in [9.17, 15) is 4.79 Å². The summed E-state index contributed by atoms with van der Waals surface area (Å²) in [7, 11) is 1.60. The summed E-state index contributed by atoms with van der Waals surface area (Å²) < 4.78 is 7.26. The van der Waals surface area contributed by atoms with Gasteiger partial charge in [0.05, 0.1) is 18.0 Å². The number of ether oxygens (including phenoxy) is 1. The number of H-pyrrole nitrogens is 1. The quantitative estimate of drug-likeness (QED) is 0.624. The number of benzene rings is 2. The highest BCUT2D eigenvalue weighted by molar-refractivity contribution is 5.79. The second-order valence-corrected chi connectivity index (χ2v) is 5.83. The molecule has 2 aromatic carbocycles. The van der Waals surface area contributed by atoms with E-state index in [4.69, 9.17) is 4.74 Å². The van der Waals surface area contributed by atoms with Crippen LogP contribution in [0, 0.1) is 0 Å². The normalized spacial score (nSPS) is 10.9. The summed E-state index contributed by atoms with van der Waals surface area (Å²) in [5.41, 5.74) is 2.69. The molecule has 0 atom stereocenters. The van der Waals surface area contributed by atoms with Crippen LogP contribution in [0.3, 0.4) is 0 Å². The van der Waals surface area contributed by atoms with Gasteiger partial charge in [-0.15, -0.1) is 0 Å². The van der Waals surface area contributed by atoms with Gasteiger partial charge in [-0.3, -0.25) is 4.79 Å². The summed E-state index contributed by atoms with van der Waals surface area (Å²) in [6.45, 7) is 0. The molecule has 25 heavy (non-hydrogen) atoms. The summed E-state index contributed by atoms with van der Waals surface area (Å²) in [6, 6.07) is 17.5. The SMILES string of the molecule is COc1ccc2c(=O)[nH]c(Cc3ccc(-n4cccc4)cc3)nc2c1. The van der Waals surface area contributed by atoms with Crippen LogP contribution >= 0.6 is 0 Å². The fraction of sp³-hybridized carbons (Fsp3) is 0.100. The van der Waals surface area contributed by atoms with E-state index in [0.29, 0.717) is 28.9 Å². The van der Waals surface area contributed by atoms with Gasteiger partial charge < -0.3 is 14.3 Å². The molecule has 0 amide bonds. The van der Waals surface area contributed by atoms with Crippen LogP contribution in [-0.2, 0) is 6.42 Å². The Labute approximate surface area is 144 Å². The minimum Gasteiger partial charge on any atom is -0.497 e. The third-order valence-corrected chi connectivity index (χ3v) is 4.17. The average Bonchev–Trinajstić information content (AvgIpc) is 3.16.